The molecule has 0 atom stereocenters. The molecule has 2 aromatic carbocycles. The molecule has 0 saturated carbocycles. The normalized spacial score (nSPS) is 10.5. The molecule has 0 aromatic heterocycles. The van der Waals surface area contributed by atoms with Crippen LogP contribution < -0.4 is 10.1 Å². The van der Waals surface area contributed by atoms with Crippen LogP contribution in [0.5, 0.6) is 5.75 Å². The van der Waals surface area contributed by atoms with Gasteiger partial charge in [0, 0.05) is 11.0 Å². The van der Waals surface area contributed by atoms with Crippen molar-refractivity contribution in [2.45, 2.75) is 6.54 Å². The minimum absolute atomic E-state index is 0.0460. The van der Waals surface area contributed by atoms with Gasteiger partial charge in [0.1, 0.15) is 12.4 Å². The Balaban J connectivity index is 1.84. The van der Waals surface area contributed by atoms with Gasteiger partial charge >= 0.3 is 0 Å². The van der Waals surface area contributed by atoms with E-state index in [4.69, 9.17) is 4.74 Å². The standard InChI is InChI=1S/C19H21BrN2O2/c1-3-12-24-16-10-8-15(9-11-16)13-22(2)14-19(23)21-18-7-5-4-6-17(18)20/h3-11H,1,12-14H2,2H3,(H,21,23). The highest BCUT2D eigenvalue weighted by Crippen LogP contribution is 2.21. The van der Waals surface area contributed by atoms with Crippen molar-refractivity contribution in [2.24, 2.45) is 0 Å². The molecular weight excluding hydrogens is 368 g/mol. The maximum atomic E-state index is 12.1. The summed E-state index contributed by atoms with van der Waals surface area (Å²) < 4.78 is 6.33. The van der Waals surface area contributed by atoms with Gasteiger partial charge in [-0.15, -0.1) is 0 Å². The molecule has 5 heteroatoms. The number of nitrogens with zero attached hydrogens (tertiary/aromatic N) is 1. The number of anilines is 1. The molecular formula is C19H21BrN2O2. The molecule has 2 aromatic rings. The van der Waals surface area contributed by atoms with Crippen LogP contribution in [-0.4, -0.2) is 31.0 Å². The summed E-state index contributed by atoms with van der Waals surface area (Å²) in [4.78, 5) is 14.1. The van der Waals surface area contributed by atoms with Crippen molar-refractivity contribution in [3.63, 3.8) is 0 Å². The maximum absolute atomic E-state index is 12.1. The van der Waals surface area contributed by atoms with Crippen molar-refractivity contribution >= 4 is 27.5 Å². The first-order chi connectivity index (χ1) is 11.6. The van der Waals surface area contributed by atoms with Gasteiger partial charge < -0.3 is 10.1 Å². The van der Waals surface area contributed by atoms with Crippen LogP contribution in [0.2, 0.25) is 0 Å². The lowest BCUT2D eigenvalue weighted by molar-refractivity contribution is -0.117. The van der Waals surface area contributed by atoms with E-state index in [0.717, 1.165) is 21.5 Å². The van der Waals surface area contributed by atoms with Crippen molar-refractivity contribution in [3.8, 4) is 5.75 Å². The van der Waals surface area contributed by atoms with Crippen LogP contribution in [-0.2, 0) is 11.3 Å². The fourth-order valence-corrected chi connectivity index (χ4v) is 2.60. The fraction of sp³-hybridized carbons (Fsp3) is 0.211. The van der Waals surface area contributed by atoms with Crippen LogP contribution >= 0.6 is 15.9 Å². The third-order valence-corrected chi connectivity index (χ3v) is 4.00. The zero-order chi connectivity index (χ0) is 17.4. The summed E-state index contributed by atoms with van der Waals surface area (Å²) in [5, 5.41) is 2.90. The Bertz CT molecular complexity index is 686. The number of ether oxygens (including phenoxy) is 1. The number of benzene rings is 2. The minimum atomic E-state index is -0.0460. The number of rotatable bonds is 8. The summed E-state index contributed by atoms with van der Waals surface area (Å²) in [6.07, 6.45) is 1.71. The van der Waals surface area contributed by atoms with E-state index in [9.17, 15) is 4.79 Å². The first kappa shape index (κ1) is 18.2. The molecule has 126 valence electrons. The van der Waals surface area contributed by atoms with Crippen LogP contribution in [0.4, 0.5) is 5.69 Å². The van der Waals surface area contributed by atoms with Gasteiger partial charge in [-0.05, 0) is 52.8 Å². The maximum Gasteiger partial charge on any atom is 0.238 e. The van der Waals surface area contributed by atoms with Crippen molar-refractivity contribution in [3.05, 3.63) is 71.2 Å². The predicted molar refractivity (Wildman–Crippen MR) is 101 cm³/mol. The van der Waals surface area contributed by atoms with Gasteiger partial charge in [0.15, 0.2) is 0 Å². The molecule has 1 amide bonds. The highest BCUT2D eigenvalue weighted by atomic mass is 79.9. The number of likely N-dealkylation sites (N-methyl/N-ethyl adjacent to an activating group) is 1. The quantitative estimate of drug-likeness (QED) is 0.692. The fourth-order valence-electron chi connectivity index (χ4n) is 2.21. The Hall–Kier alpha value is -2.11. The Morgan fingerprint density at radius 1 is 1.25 bits per heavy atom. The number of amides is 1. The van der Waals surface area contributed by atoms with Crippen molar-refractivity contribution < 1.29 is 9.53 Å². The summed E-state index contributed by atoms with van der Waals surface area (Å²) in [6, 6.07) is 15.4. The van der Waals surface area contributed by atoms with Gasteiger partial charge in [0.2, 0.25) is 5.91 Å². The van der Waals surface area contributed by atoms with Crippen LogP contribution in [0.25, 0.3) is 0 Å². The Morgan fingerprint density at radius 3 is 2.62 bits per heavy atom. The van der Waals surface area contributed by atoms with Crippen LogP contribution in [0, 0.1) is 0 Å². The second-order valence-electron chi connectivity index (χ2n) is 5.44. The minimum Gasteiger partial charge on any atom is -0.490 e. The second kappa shape index (κ2) is 9.25. The molecule has 24 heavy (non-hydrogen) atoms. The van der Waals surface area contributed by atoms with E-state index >= 15 is 0 Å². The lowest BCUT2D eigenvalue weighted by Crippen LogP contribution is -2.29. The topological polar surface area (TPSA) is 41.6 Å². The number of hydrogen-bond donors (Lipinski definition) is 1. The third-order valence-electron chi connectivity index (χ3n) is 3.31. The molecule has 0 saturated heterocycles. The van der Waals surface area contributed by atoms with Crippen molar-refractivity contribution in [1.82, 2.24) is 4.90 Å². The average Bonchev–Trinajstić information content (AvgIpc) is 2.56. The van der Waals surface area contributed by atoms with Gasteiger partial charge in [-0.2, -0.15) is 0 Å². The molecule has 0 aliphatic heterocycles. The highest BCUT2D eigenvalue weighted by Gasteiger charge is 2.09. The van der Waals surface area contributed by atoms with Gasteiger partial charge in [0.05, 0.1) is 12.2 Å². The lowest BCUT2D eigenvalue weighted by atomic mass is 10.2. The van der Waals surface area contributed by atoms with Gasteiger partial charge in [-0.3, -0.25) is 9.69 Å². The molecule has 0 aliphatic rings. The number of para-hydroxylation sites is 1. The number of hydrogen-bond acceptors (Lipinski definition) is 3. The van der Waals surface area contributed by atoms with E-state index in [1.165, 1.54) is 0 Å². The Labute approximate surface area is 151 Å². The summed E-state index contributed by atoms with van der Waals surface area (Å²) >= 11 is 3.42. The van der Waals surface area contributed by atoms with E-state index in [-0.39, 0.29) is 5.91 Å². The van der Waals surface area contributed by atoms with E-state index in [2.05, 4.69) is 27.8 Å². The smallest absolute Gasteiger partial charge is 0.238 e. The van der Waals surface area contributed by atoms with Crippen molar-refractivity contribution in [2.75, 3.05) is 25.5 Å². The summed E-state index contributed by atoms with van der Waals surface area (Å²) in [5.74, 6) is 0.767. The monoisotopic (exact) mass is 388 g/mol. The van der Waals surface area contributed by atoms with Gasteiger partial charge in [0.25, 0.3) is 0 Å². The molecule has 0 aliphatic carbocycles. The van der Waals surface area contributed by atoms with E-state index in [0.29, 0.717) is 19.7 Å². The predicted octanol–water partition coefficient (Wildman–Crippen LogP) is 4.08. The SMILES string of the molecule is C=CCOc1ccc(CN(C)CC(=O)Nc2ccccc2Br)cc1. The van der Waals surface area contributed by atoms with Gasteiger partial charge in [-0.25, -0.2) is 0 Å². The number of halogens is 1. The van der Waals surface area contributed by atoms with E-state index in [1.54, 1.807) is 6.08 Å². The van der Waals surface area contributed by atoms with Crippen LogP contribution in [0.15, 0.2) is 65.7 Å². The van der Waals surface area contributed by atoms with Crippen LogP contribution in [0.3, 0.4) is 0 Å². The molecule has 0 bridgehead atoms. The molecule has 0 spiro atoms. The lowest BCUT2D eigenvalue weighted by Gasteiger charge is -2.17. The zero-order valence-electron chi connectivity index (χ0n) is 13.7. The number of nitrogens with one attached hydrogen (secondary N) is 1. The molecule has 4 nitrogen and oxygen atoms in total. The first-order valence-corrected chi connectivity index (χ1v) is 8.43. The summed E-state index contributed by atoms with van der Waals surface area (Å²) in [7, 11) is 1.92. The third kappa shape index (κ3) is 5.83. The largest absolute Gasteiger partial charge is 0.490 e. The highest BCUT2D eigenvalue weighted by molar-refractivity contribution is 9.10. The average molecular weight is 389 g/mol. The summed E-state index contributed by atoms with van der Waals surface area (Å²) in [5.41, 5.74) is 1.90. The second-order valence-corrected chi connectivity index (χ2v) is 6.30. The molecule has 0 radical (unpaired) electrons. The molecule has 0 heterocycles. The molecule has 0 fully saturated rings. The van der Waals surface area contributed by atoms with E-state index < -0.39 is 0 Å². The summed E-state index contributed by atoms with van der Waals surface area (Å²) in [6.45, 7) is 5.12. The van der Waals surface area contributed by atoms with E-state index in [1.807, 2.05) is 60.5 Å². The first-order valence-electron chi connectivity index (χ1n) is 7.64. The Morgan fingerprint density at radius 2 is 1.96 bits per heavy atom. The zero-order valence-corrected chi connectivity index (χ0v) is 15.3. The number of carbonyl (C=O) groups is 1. The number of carbonyl (C=O) groups excluding carboxylic acids is 1. The molecule has 1 N–H and O–H groups in total. The Kier molecular flexibility index (Phi) is 7.03. The van der Waals surface area contributed by atoms with Gasteiger partial charge in [-0.1, -0.05) is 36.9 Å². The van der Waals surface area contributed by atoms with Crippen LogP contribution in [0.1, 0.15) is 5.56 Å². The van der Waals surface area contributed by atoms with Crippen molar-refractivity contribution in [1.29, 1.82) is 0 Å². The molecule has 2 rings (SSSR count). The molecule has 0 unspecified atom stereocenters.